The smallest absolute Gasteiger partial charge is 0.308 e. The lowest BCUT2D eigenvalue weighted by Gasteiger charge is -2.19. The van der Waals surface area contributed by atoms with Crippen LogP contribution in [-0.4, -0.2) is 37.7 Å². The topological polar surface area (TPSA) is 64.6 Å². The molecular formula is C53H105NO4. The third kappa shape index (κ3) is 39.1. The van der Waals surface area contributed by atoms with E-state index in [1.54, 1.807) is 0 Å². The van der Waals surface area contributed by atoms with Crippen LogP contribution in [0.4, 0.5) is 0 Å². The second kappa shape index (κ2) is 47.0. The number of unbranched alkanes of at least 4 members (excludes halogenated alkanes) is 27. The third-order valence-corrected chi connectivity index (χ3v) is 12.6. The molecule has 0 fully saturated rings. The van der Waals surface area contributed by atoms with Crippen molar-refractivity contribution in [1.82, 2.24) is 5.32 Å². The summed E-state index contributed by atoms with van der Waals surface area (Å²) in [7, 11) is 0. The Kier molecular flexibility index (Phi) is 46.1. The Morgan fingerprint density at radius 3 is 0.983 bits per heavy atom. The van der Waals surface area contributed by atoms with Gasteiger partial charge < -0.3 is 14.8 Å². The van der Waals surface area contributed by atoms with E-state index in [4.69, 9.17) is 9.47 Å². The second-order valence-electron chi connectivity index (χ2n) is 18.4. The zero-order chi connectivity index (χ0) is 42.4. The predicted octanol–water partition coefficient (Wildman–Crippen LogP) is 17.0. The number of carbonyl (C=O) groups excluding carboxylic acids is 2. The lowest BCUT2D eigenvalue weighted by Crippen LogP contribution is -2.30. The molecule has 58 heavy (non-hydrogen) atoms. The van der Waals surface area contributed by atoms with E-state index in [1.807, 2.05) is 0 Å². The maximum atomic E-state index is 12.7. The molecule has 0 bridgehead atoms. The first-order valence-electron chi connectivity index (χ1n) is 26.6. The van der Waals surface area contributed by atoms with Gasteiger partial charge in [-0.2, -0.15) is 0 Å². The Balaban J connectivity index is 4.28. The van der Waals surface area contributed by atoms with Gasteiger partial charge >= 0.3 is 11.9 Å². The highest BCUT2D eigenvalue weighted by molar-refractivity contribution is 5.72. The summed E-state index contributed by atoms with van der Waals surface area (Å²) in [6.45, 7) is 13.6. The summed E-state index contributed by atoms with van der Waals surface area (Å²) < 4.78 is 11.5. The maximum absolute atomic E-state index is 12.7. The Hall–Kier alpha value is -1.10. The molecule has 5 heteroatoms. The van der Waals surface area contributed by atoms with Crippen LogP contribution in [0.1, 0.15) is 291 Å². The highest BCUT2D eigenvalue weighted by Gasteiger charge is 2.20. The normalized spacial score (nSPS) is 13.1. The van der Waals surface area contributed by atoms with Crippen molar-refractivity contribution in [1.29, 1.82) is 0 Å². The fourth-order valence-electron chi connectivity index (χ4n) is 8.54. The van der Waals surface area contributed by atoms with Crippen LogP contribution in [0.5, 0.6) is 0 Å². The largest absolute Gasteiger partial charge is 0.465 e. The fourth-order valence-corrected chi connectivity index (χ4v) is 8.54. The standard InChI is InChI=1S/C53H105NO4/c1-6-11-16-19-20-25-30-37-46-54-51(44-35-28-23-21-26-31-38-47-57-52(55)49(40-14-9-4)42-33-17-12-7-2)45-36-29-24-22-27-32-39-48-58-53(56)50(41-15-10-5)43-34-18-13-8-3/h49-51,54H,6-48H2,1-5H3. The maximum Gasteiger partial charge on any atom is 0.308 e. The summed E-state index contributed by atoms with van der Waals surface area (Å²) in [4.78, 5) is 25.5. The van der Waals surface area contributed by atoms with E-state index < -0.39 is 0 Å². The van der Waals surface area contributed by atoms with Gasteiger partial charge in [0.2, 0.25) is 0 Å². The lowest BCUT2D eigenvalue weighted by molar-refractivity contribution is -0.150. The molecule has 0 aliphatic heterocycles. The van der Waals surface area contributed by atoms with Crippen LogP contribution in [0.3, 0.4) is 0 Å². The molecule has 0 amide bonds. The lowest BCUT2D eigenvalue weighted by atomic mass is 9.95. The van der Waals surface area contributed by atoms with Crippen molar-refractivity contribution in [2.75, 3.05) is 19.8 Å². The third-order valence-electron chi connectivity index (χ3n) is 12.6. The molecule has 0 saturated heterocycles. The molecule has 0 aromatic carbocycles. The van der Waals surface area contributed by atoms with Crippen molar-refractivity contribution >= 4 is 11.9 Å². The molecule has 1 N–H and O–H groups in total. The monoisotopic (exact) mass is 820 g/mol. The van der Waals surface area contributed by atoms with Crippen molar-refractivity contribution < 1.29 is 19.1 Å². The van der Waals surface area contributed by atoms with E-state index in [9.17, 15) is 9.59 Å². The first-order chi connectivity index (χ1) is 28.5. The number of hydrogen-bond acceptors (Lipinski definition) is 5. The quantitative estimate of drug-likeness (QED) is 0.0489. The Bertz CT molecular complexity index is 777. The molecule has 0 rings (SSSR count). The molecule has 2 unspecified atom stereocenters. The summed E-state index contributed by atoms with van der Waals surface area (Å²) in [5.74, 6) is 0.380. The molecular weight excluding hydrogens is 715 g/mol. The second-order valence-corrected chi connectivity index (χ2v) is 18.4. The SMILES string of the molecule is CCCCCCCCCCNC(CCCCCCCCCOC(=O)C(CCCC)CCCCCC)CCCCCCCCCOC(=O)C(CCCC)CCCCCC. The van der Waals surface area contributed by atoms with Gasteiger partial charge in [0.15, 0.2) is 0 Å². The summed E-state index contributed by atoms with van der Waals surface area (Å²) in [5.41, 5.74) is 0. The van der Waals surface area contributed by atoms with Gasteiger partial charge in [-0.05, 0) is 64.3 Å². The molecule has 2 atom stereocenters. The minimum Gasteiger partial charge on any atom is -0.465 e. The van der Waals surface area contributed by atoms with Crippen LogP contribution in [0.25, 0.3) is 0 Å². The van der Waals surface area contributed by atoms with Gasteiger partial charge in [-0.1, -0.05) is 234 Å². The van der Waals surface area contributed by atoms with Crippen molar-refractivity contribution in [3.8, 4) is 0 Å². The highest BCUT2D eigenvalue weighted by atomic mass is 16.5. The zero-order valence-corrected chi connectivity index (χ0v) is 40.3. The van der Waals surface area contributed by atoms with Gasteiger partial charge in [-0.25, -0.2) is 0 Å². The molecule has 5 nitrogen and oxygen atoms in total. The zero-order valence-electron chi connectivity index (χ0n) is 40.3. The molecule has 0 spiro atoms. The molecule has 0 aromatic rings. The van der Waals surface area contributed by atoms with Crippen LogP contribution < -0.4 is 5.32 Å². The van der Waals surface area contributed by atoms with Gasteiger partial charge in [0, 0.05) is 6.04 Å². The van der Waals surface area contributed by atoms with Crippen LogP contribution in [0.2, 0.25) is 0 Å². The van der Waals surface area contributed by atoms with Crippen LogP contribution >= 0.6 is 0 Å². The average molecular weight is 820 g/mol. The van der Waals surface area contributed by atoms with Crippen LogP contribution in [-0.2, 0) is 19.1 Å². The fraction of sp³-hybridized carbons (Fsp3) is 0.962. The summed E-state index contributed by atoms with van der Waals surface area (Å²) in [5, 5.41) is 3.99. The van der Waals surface area contributed by atoms with Gasteiger partial charge in [0.1, 0.15) is 0 Å². The molecule has 0 aromatic heterocycles. The summed E-state index contributed by atoms with van der Waals surface area (Å²) in [6, 6.07) is 0.675. The molecule has 346 valence electrons. The number of carbonyl (C=O) groups is 2. The van der Waals surface area contributed by atoms with Crippen molar-refractivity contribution in [2.24, 2.45) is 11.8 Å². The van der Waals surface area contributed by atoms with Gasteiger partial charge in [-0.3, -0.25) is 9.59 Å². The van der Waals surface area contributed by atoms with Crippen molar-refractivity contribution in [3.63, 3.8) is 0 Å². The minimum atomic E-state index is 0.0703. The molecule has 0 heterocycles. The van der Waals surface area contributed by atoms with E-state index in [2.05, 4.69) is 39.9 Å². The Morgan fingerprint density at radius 1 is 0.328 bits per heavy atom. The van der Waals surface area contributed by atoms with E-state index in [1.165, 1.54) is 186 Å². The van der Waals surface area contributed by atoms with E-state index in [-0.39, 0.29) is 23.8 Å². The molecule has 0 aliphatic carbocycles. The first-order valence-corrected chi connectivity index (χ1v) is 26.6. The van der Waals surface area contributed by atoms with Gasteiger partial charge in [-0.15, -0.1) is 0 Å². The van der Waals surface area contributed by atoms with E-state index in [0.29, 0.717) is 19.3 Å². The van der Waals surface area contributed by atoms with Crippen molar-refractivity contribution in [3.05, 3.63) is 0 Å². The van der Waals surface area contributed by atoms with Gasteiger partial charge in [0.05, 0.1) is 25.0 Å². The highest BCUT2D eigenvalue weighted by Crippen LogP contribution is 2.22. The van der Waals surface area contributed by atoms with Crippen LogP contribution in [0.15, 0.2) is 0 Å². The molecule has 0 saturated carbocycles. The van der Waals surface area contributed by atoms with Gasteiger partial charge in [0.25, 0.3) is 0 Å². The Labute approximate surface area is 364 Å². The summed E-state index contributed by atoms with van der Waals surface area (Å²) >= 11 is 0. The average Bonchev–Trinajstić information content (AvgIpc) is 3.23. The van der Waals surface area contributed by atoms with Crippen LogP contribution in [0, 0.1) is 11.8 Å². The number of esters is 2. The number of rotatable bonds is 48. The number of nitrogens with one attached hydrogen (secondary N) is 1. The first kappa shape index (κ1) is 56.9. The molecule has 0 radical (unpaired) electrons. The number of hydrogen-bond donors (Lipinski definition) is 1. The minimum absolute atomic E-state index is 0.0703. The number of ether oxygens (including phenoxy) is 2. The predicted molar refractivity (Wildman–Crippen MR) is 254 cm³/mol. The molecule has 0 aliphatic rings. The Morgan fingerprint density at radius 2 is 0.603 bits per heavy atom. The van der Waals surface area contributed by atoms with Crippen molar-refractivity contribution in [2.45, 2.75) is 297 Å². The van der Waals surface area contributed by atoms with E-state index in [0.717, 1.165) is 77.0 Å². The summed E-state index contributed by atoms with van der Waals surface area (Å²) in [6.07, 6.45) is 49.7. The van der Waals surface area contributed by atoms with E-state index >= 15 is 0 Å².